The van der Waals surface area contributed by atoms with Crippen molar-refractivity contribution in [1.82, 2.24) is 15.2 Å². The van der Waals surface area contributed by atoms with Crippen LogP contribution in [-0.4, -0.2) is 33.8 Å². The summed E-state index contributed by atoms with van der Waals surface area (Å²) in [5.41, 5.74) is 0. The van der Waals surface area contributed by atoms with Crippen molar-refractivity contribution in [2.75, 3.05) is 0 Å². The van der Waals surface area contributed by atoms with Crippen LogP contribution in [0.25, 0.3) is 0 Å². The smallest absolute Gasteiger partial charge is 0.246 e. The third-order valence-corrected chi connectivity index (χ3v) is 4.58. The number of hydrogen-bond acceptors (Lipinski definition) is 4. The first-order chi connectivity index (χ1) is 9.93. The van der Waals surface area contributed by atoms with Crippen LogP contribution in [0.15, 0.2) is 6.20 Å². The van der Waals surface area contributed by atoms with Crippen molar-refractivity contribution < 1.29 is 9.59 Å². The van der Waals surface area contributed by atoms with Gasteiger partial charge in [0.1, 0.15) is 17.1 Å². The zero-order chi connectivity index (χ0) is 15.6. The molecule has 1 fully saturated rings. The molecule has 0 radical (unpaired) electrons. The van der Waals surface area contributed by atoms with Crippen LogP contribution < -0.4 is 5.32 Å². The summed E-state index contributed by atoms with van der Waals surface area (Å²) in [7, 11) is 0. The number of carbonyl (C=O) groups excluding carboxylic acids is 2. The lowest BCUT2D eigenvalue weighted by Gasteiger charge is -2.40. The Kier molecular flexibility index (Phi) is 4.98. The fourth-order valence-electron chi connectivity index (χ4n) is 2.74. The minimum absolute atomic E-state index is 0.0167. The highest BCUT2D eigenvalue weighted by Crippen LogP contribution is 2.23. The molecule has 116 valence electrons. The summed E-state index contributed by atoms with van der Waals surface area (Å²) in [6.07, 6.45) is 3.36. The zero-order valence-corrected chi connectivity index (χ0v) is 13.9. The number of amides is 2. The van der Waals surface area contributed by atoms with Gasteiger partial charge in [0.25, 0.3) is 0 Å². The molecule has 2 rings (SSSR count). The Bertz CT molecular complexity index is 527. The Hall–Kier alpha value is -1.43. The van der Waals surface area contributed by atoms with E-state index in [2.05, 4.69) is 10.3 Å². The quantitative estimate of drug-likeness (QED) is 0.906. The summed E-state index contributed by atoms with van der Waals surface area (Å²) in [6, 6.07) is -0.798. The summed E-state index contributed by atoms with van der Waals surface area (Å²) in [5, 5.41) is 3.76. The summed E-state index contributed by atoms with van der Waals surface area (Å²) in [6.45, 7) is 8.37. The molecule has 0 aromatic carbocycles. The van der Waals surface area contributed by atoms with E-state index in [4.69, 9.17) is 0 Å². The number of carbonyl (C=O) groups is 2. The third-order valence-electron chi connectivity index (χ3n) is 3.69. The predicted octanol–water partition coefficient (Wildman–Crippen LogP) is 2.10. The van der Waals surface area contributed by atoms with Crippen molar-refractivity contribution in [3.63, 3.8) is 0 Å². The molecule has 5 nitrogen and oxygen atoms in total. The molecule has 1 aromatic heterocycles. The fraction of sp³-hybridized carbons (Fsp3) is 0.667. The second-order valence-electron chi connectivity index (χ2n) is 5.87. The van der Waals surface area contributed by atoms with Crippen LogP contribution in [0.2, 0.25) is 0 Å². The van der Waals surface area contributed by atoms with Gasteiger partial charge in [0.05, 0.1) is 6.54 Å². The topological polar surface area (TPSA) is 62.3 Å². The van der Waals surface area contributed by atoms with Crippen LogP contribution in [0, 0.1) is 12.8 Å². The first kappa shape index (κ1) is 15.9. The summed E-state index contributed by atoms with van der Waals surface area (Å²) in [5.74, 6) is 0.0527. The minimum atomic E-state index is -0.408. The highest BCUT2D eigenvalue weighted by Gasteiger charge is 2.41. The first-order valence-corrected chi connectivity index (χ1v) is 8.27. The zero-order valence-electron chi connectivity index (χ0n) is 13.0. The highest BCUT2D eigenvalue weighted by atomic mass is 32.1. The van der Waals surface area contributed by atoms with Crippen LogP contribution in [0.5, 0.6) is 0 Å². The van der Waals surface area contributed by atoms with Crippen molar-refractivity contribution in [2.24, 2.45) is 5.92 Å². The Labute approximate surface area is 129 Å². The van der Waals surface area contributed by atoms with E-state index in [1.165, 1.54) is 0 Å². The average molecular weight is 309 g/mol. The molecule has 0 saturated carbocycles. The van der Waals surface area contributed by atoms with Crippen LogP contribution in [0.3, 0.4) is 0 Å². The van der Waals surface area contributed by atoms with Gasteiger partial charge >= 0.3 is 0 Å². The summed E-state index contributed by atoms with van der Waals surface area (Å²) in [4.78, 5) is 32.2. The van der Waals surface area contributed by atoms with Gasteiger partial charge in [-0.25, -0.2) is 4.98 Å². The van der Waals surface area contributed by atoms with Crippen molar-refractivity contribution in [1.29, 1.82) is 0 Å². The van der Waals surface area contributed by atoms with E-state index in [-0.39, 0.29) is 17.7 Å². The monoisotopic (exact) mass is 309 g/mol. The molecule has 6 heteroatoms. The van der Waals surface area contributed by atoms with Crippen LogP contribution in [0.4, 0.5) is 0 Å². The predicted molar refractivity (Wildman–Crippen MR) is 82.9 cm³/mol. The summed E-state index contributed by atoms with van der Waals surface area (Å²) < 4.78 is 0. The van der Waals surface area contributed by atoms with Crippen molar-refractivity contribution in [3.8, 4) is 0 Å². The van der Waals surface area contributed by atoms with Gasteiger partial charge in [0.15, 0.2) is 0 Å². The SMILES string of the molecule is CCCC1NC(=O)C(C(C)C)N(Cc2ncc(C)s2)C1=O. The molecule has 0 spiro atoms. The number of rotatable bonds is 5. The Morgan fingerprint density at radius 2 is 2.14 bits per heavy atom. The third kappa shape index (κ3) is 3.43. The van der Waals surface area contributed by atoms with Crippen molar-refractivity contribution in [2.45, 2.75) is 59.2 Å². The molecule has 1 N–H and O–H groups in total. The minimum Gasteiger partial charge on any atom is -0.342 e. The van der Waals surface area contributed by atoms with E-state index < -0.39 is 12.1 Å². The van der Waals surface area contributed by atoms with Gasteiger partial charge in [0, 0.05) is 11.1 Å². The Balaban J connectivity index is 2.25. The van der Waals surface area contributed by atoms with Crippen molar-refractivity contribution >= 4 is 23.2 Å². The lowest BCUT2D eigenvalue weighted by molar-refractivity contribution is -0.152. The van der Waals surface area contributed by atoms with Gasteiger partial charge in [-0.3, -0.25) is 9.59 Å². The molecule has 0 bridgehead atoms. The van der Waals surface area contributed by atoms with E-state index in [1.54, 1.807) is 16.2 Å². The molecular formula is C15H23N3O2S. The van der Waals surface area contributed by atoms with Crippen LogP contribution >= 0.6 is 11.3 Å². The van der Waals surface area contributed by atoms with E-state index in [1.807, 2.05) is 33.9 Å². The van der Waals surface area contributed by atoms with E-state index >= 15 is 0 Å². The molecule has 1 aliphatic rings. The van der Waals surface area contributed by atoms with Gasteiger partial charge in [-0.15, -0.1) is 11.3 Å². The number of hydrogen-bond donors (Lipinski definition) is 1. The van der Waals surface area contributed by atoms with E-state index in [9.17, 15) is 9.59 Å². The highest BCUT2D eigenvalue weighted by molar-refractivity contribution is 7.11. The molecule has 1 saturated heterocycles. The summed E-state index contributed by atoms with van der Waals surface area (Å²) >= 11 is 1.58. The maximum absolute atomic E-state index is 12.7. The molecule has 1 aromatic rings. The molecule has 2 amide bonds. The molecule has 21 heavy (non-hydrogen) atoms. The van der Waals surface area contributed by atoms with Gasteiger partial charge < -0.3 is 10.2 Å². The van der Waals surface area contributed by atoms with Gasteiger partial charge in [-0.1, -0.05) is 27.2 Å². The second kappa shape index (κ2) is 6.56. The van der Waals surface area contributed by atoms with Crippen molar-refractivity contribution in [3.05, 3.63) is 16.1 Å². The maximum atomic E-state index is 12.7. The van der Waals surface area contributed by atoms with Crippen LogP contribution in [0.1, 0.15) is 43.5 Å². The van der Waals surface area contributed by atoms with Crippen LogP contribution in [-0.2, 0) is 16.1 Å². The Morgan fingerprint density at radius 3 is 2.67 bits per heavy atom. The molecule has 0 aliphatic carbocycles. The standard InChI is InChI=1S/C15H23N3O2S/c1-5-6-11-15(20)18(8-12-16-7-10(4)21-12)13(9(2)3)14(19)17-11/h7,9,11,13H,5-6,8H2,1-4H3,(H,17,19). The van der Waals surface area contributed by atoms with Gasteiger partial charge in [0.2, 0.25) is 11.8 Å². The Morgan fingerprint density at radius 1 is 1.43 bits per heavy atom. The van der Waals surface area contributed by atoms with Gasteiger partial charge in [-0.2, -0.15) is 0 Å². The number of nitrogens with zero attached hydrogens (tertiary/aromatic N) is 2. The lowest BCUT2D eigenvalue weighted by atomic mass is 9.95. The number of aromatic nitrogens is 1. The maximum Gasteiger partial charge on any atom is 0.246 e. The number of thiazole rings is 1. The van der Waals surface area contributed by atoms with Gasteiger partial charge in [-0.05, 0) is 19.3 Å². The fourth-order valence-corrected chi connectivity index (χ4v) is 3.53. The molecule has 2 heterocycles. The molecular weight excluding hydrogens is 286 g/mol. The lowest BCUT2D eigenvalue weighted by Crippen LogP contribution is -2.64. The molecule has 2 unspecified atom stereocenters. The number of nitrogens with one attached hydrogen (secondary N) is 1. The normalized spacial score (nSPS) is 22.8. The molecule has 2 atom stereocenters. The average Bonchev–Trinajstić information content (AvgIpc) is 2.80. The number of piperazine rings is 1. The van der Waals surface area contributed by atoms with E-state index in [0.29, 0.717) is 13.0 Å². The molecule has 1 aliphatic heterocycles. The second-order valence-corrected chi connectivity index (χ2v) is 7.19. The first-order valence-electron chi connectivity index (χ1n) is 7.46. The van der Waals surface area contributed by atoms with E-state index in [0.717, 1.165) is 16.3 Å². The largest absolute Gasteiger partial charge is 0.342 e. The number of aryl methyl sites for hydroxylation is 1.